The molecule has 0 spiro atoms. The third-order valence-corrected chi connectivity index (χ3v) is 3.85. The standard InChI is InChI=1S/C18H18N2O9/c21-19(22)13-1-3-15-17(11-13)28-9-10-29-18-12-14(20(23)24)2-4-16(18)27-8-6-25-5-7-26-15/h1-4,11-12H,5-10H2. The van der Waals surface area contributed by atoms with Crippen LogP contribution in [0.15, 0.2) is 36.4 Å². The number of benzene rings is 2. The van der Waals surface area contributed by atoms with Gasteiger partial charge in [-0.25, -0.2) is 0 Å². The Balaban J connectivity index is 1.79. The summed E-state index contributed by atoms with van der Waals surface area (Å²) in [4.78, 5) is 20.9. The smallest absolute Gasteiger partial charge is 0.273 e. The molecule has 2 aromatic rings. The second kappa shape index (κ2) is 9.55. The van der Waals surface area contributed by atoms with E-state index < -0.39 is 9.85 Å². The number of nitrogens with zero attached hydrogens (tertiary/aromatic N) is 2. The summed E-state index contributed by atoms with van der Waals surface area (Å²) in [5, 5.41) is 22.0. The molecule has 0 N–H and O–H groups in total. The van der Waals surface area contributed by atoms with Crippen LogP contribution >= 0.6 is 0 Å². The number of nitro groups is 2. The van der Waals surface area contributed by atoms with E-state index in [4.69, 9.17) is 23.7 Å². The fourth-order valence-corrected chi connectivity index (χ4v) is 2.51. The minimum absolute atomic E-state index is 0.0240. The molecule has 0 bridgehead atoms. The zero-order valence-corrected chi connectivity index (χ0v) is 15.3. The molecule has 1 heterocycles. The molecular formula is C18H18N2O9. The van der Waals surface area contributed by atoms with Gasteiger partial charge in [0, 0.05) is 12.1 Å². The van der Waals surface area contributed by atoms with Crippen molar-refractivity contribution in [3.05, 3.63) is 56.6 Å². The van der Waals surface area contributed by atoms with E-state index in [1.54, 1.807) is 0 Å². The SMILES string of the molecule is O=[N+]([O-])c1ccc2c(c1)OCCOc1cc([N+](=O)[O-])ccc1OCCOCCO2. The Morgan fingerprint density at radius 2 is 0.966 bits per heavy atom. The summed E-state index contributed by atoms with van der Waals surface area (Å²) in [6.07, 6.45) is 0. The van der Waals surface area contributed by atoms with Crippen molar-refractivity contribution < 1.29 is 33.5 Å². The first-order valence-corrected chi connectivity index (χ1v) is 8.70. The summed E-state index contributed by atoms with van der Waals surface area (Å²) in [7, 11) is 0. The first-order chi connectivity index (χ1) is 14.0. The normalized spacial score (nSPS) is 14.9. The summed E-state index contributed by atoms with van der Waals surface area (Å²) >= 11 is 0. The zero-order valence-electron chi connectivity index (χ0n) is 15.3. The molecule has 0 amide bonds. The molecule has 0 radical (unpaired) electrons. The van der Waals surface area contributed by atoms with Crippen LogP contribution in [-0.4, -0.2) is 49.5 Å². The van der Waals surface area contributed by atoms with E-state index in [-0.39, 0.29) is 62.5 Å². The van der Waals surface area contributed by atoms with Crippen molar-refractivity contribution in [3.63, 3.8) is 0 Å². The molecule has 154 valence electrons. The minimum atomic E-state index is -0.536. The van der Waals surface area contributed by atoms with Crippen LogP contribution in [0, 0.1) is 20.2 Å². The van der Waals surface area contributed by atoms with Gasteiger partial charge in [0.05, 0.1) is 35.2 Å². The topological polar surface area (TPSA) is 132 Å². The molecule has 0 saturated heterocycles. The van der Waals surface area contributed by atoms with Gasteiger partial charge in [-0.15, -0.1) is 0 Å². The van der Waals surface area contributed by atoms with Gasteiger partial charge in [-0.3, -0.25) is 20.2 Å². The van der Waals surface area contributed by atoms with E-state index in [9.17, 15) is 20.2 Å². The van der Waals surface area contributed by atoms with Crippen LogP contribution in [0.25, 0.3) is 0 Å². The maximum Gasteiger partial charge on any atom is 0.273 e. The average Bonchev–Trinajstić information content (AvgIpc) is 2.71. The van der Waals surface area contributed by atoms with Gasteiger partial charge in [0.15, 0.2) is 23.0 Å². The number of nitro benzene ring substituents is 2. The second-order valence-electron chi connectivity index (χ2n) is 5.78. The van der Waals surface area contributed by atoms with Crippen molar-refractivity contribution in [2.75, 3.05) is 39.6 Å². The molecule has 11 nitrogen and oxygen atoms in total. The molecular weight excluding hydrogens is 388 g/mol. The lowest BCUT2D eigenvalue weighted by Crippen LogP contribution is -2.12. The Morgan fingerprint density at radius 1 is 0.586 bits per heavy atom. The summed E-state index contributed by atoms with van der Waals surface area (Å²) in [6.45, 7) is 1.01. The van der Waals surface area contributed by atoms with Crippen LogP contribution in [0.4, 0.5) is 11.4 Å². The first-order valence-electron chi connectivity index (χ1n) is 8.70. The number of hydrogen-bond donors (Lipinski definition) is 0. The molecule has 2 aromatic carbocycles. The van der Waals surface area contributed by atoms with Gasteiger partial charge in [-0.2, -0.15) is 0 Å². The Labute approximate surface area is 165 Å². The number of fused-ring (bicyclic) bond motifs is 2. The summed E-state index contributed by atoms with van der Waals surface area (Å²) in [5.41, 5.74) is -0.284. The van der Waals surface area contributed by atoms with Crippen LogP contribution < -0.4 is 18.9 Å². The number of hydrogen-bond acceptors (Lipinski definition) is 9. The molecule has 0 unspecified atom stereocenters. The molecule has 3 rings (SSSR count). The molecule has 11 heteroatoms. The summed E-state index contributed by atoms with van der Waals surface area (Å²) in [5.74, 6) is 1.05. The van der Waals surface area contributed by atoms with Crippen molar-refractivity contribution in [2.45, 2.75) is 0 Å². The molecule has 0 saturated carbocycles. The average molecular weight is 406 g/mol. The molecule has 29 heavy (non-hydrogen) atoms. The second-order valence-corrected chi connectivity index (χ2v) is 5.78. The molecule has 0 atom stereocenters. The number of rotatable bonds is 2. The van der Waals surface area contributed by atoms with Gasteiger partial charge >= 0.3 is 0 Å². The lowest BCUT2D eigenvalue weighted by molar-refractivity contribution is -0.385. The third kappa shape index (κ3) is 5.45. The predicted molar refractivity (Wildman–Crippen MR) is 99.0 cm³/mol. The van der Waals surface area contributed by atoms with Gasteiger partial charge in [-0.05, 0) is 12.1 Å². The fourth-order valence-electron chi connectivity index (χ4n) is 2.51. The Morgan fingerprint density at radius 3 is 1.38 bits per heavy atom. The van der Waals surface area contributed by atoms with Crippen LogP contribution in [-0.2, 0) is 4.74 Å². The third-order valence-electron chi connectivity index (χ3n) is 3.85. The highest BCUT2D eigenvalue weighted by Crippen LogP contribution is 2.33. The highest BCUT2D eigenvalue weighted by atomic mass is 16.6. The van der Waals surface area contributed by atoms with E-state index in [2.05, 4.69) is 0 Å². The van der Waals surface area contributed by atoms with Crippen LogP contribution in [0.3, 0.4) is 0 Å². The summed E-state index contributed by atoms with van der Waals surface area (Å²) < 4.78 is 27.7. The van der Waals surface area contributed by atoms with Gasteiger partial charge in [0.25, 0.3) is 11.4 Å². The largest absolute Gasteiger partial charge is 0.487 e. The fraction of sp³-hybridized carbons (Fsp3) is 0.333. The van der Waals surface area contributed by atoms with E-state index in [1.165, 1.54) is 36.4 Å². The Hall–Kier alpha value is -3.60. The Kier molecular flexibility index (Phi) is 6.63. The summed E-state index contributed by atoms with van der Waals surface area (Å²) in [6, 6.07) is 8.06. The maximum atomic E-state index is 11.0. The van der Waals surface area contributed by atoms with Crippen molar-refractivity contribution in [2.24, 2.45) is 0 Å². The molecule has 1 aliphatic heterocycles. The zero-order chi connectivity index (χ0) is 20.6. The van der Waals surface area contributed by atoms with Crippen molar-refractivity contribution >= 4 is 11.4 Å². The van der Waals surface area contributed by atoms with E-state index in [1.807, 2.05) is 0 Å². The number of ether oxygens (including phenoxy) is 5. The first kappa shape index (κ1) is 20.1. The van der Waals surface area contributed by atoms with Crippen molar-refractivity contribution in [1.29, 1.82) is 0 Å². The molecule has 0 fully saturated rings. The van der Waals surface area contributed by atoms with E-state index in [0.717, 1.165) is 0 Å². The lowest BCUT2D eigenvalue weighted by atomic mass is 10.3. The van der Waals surface area contributed by atoms with Gasteiger partial charge in [-0.1, -0.05) is 0 Å². The van der Waals surface area contributed by atoms with E-state index in [0.29, 0.717) is 11.5 Å². The highest BCUT2D eigenvalue weighted by molar-refractivity contribution is 5.49. The maximum absolute atomic E-state index is 11.0. The van der Waals surface area contributed by atoms with E-state index >= 15 is 0 Å². The van der Waals surface area contributed by atoms with Gasteiger partial charge in [0.2, 0.25) is 0 Å². The van der Waals surface area contributed by atoms with Crippen LogP contribution in [0.1, 0.15) is 0 Å². The predicted octanol–water partition coefficient (Wildman–Crippen LogP) is 2.75. The quantitative estimate of drug-likeness (QED) is 0.545. The van der Waals surface area contributed by atoms with Crippen molar-refractivity contribution in [3.8, 4) is 23.0 Å². The molecule has 0 aromatic heterocycles. The van der Waals surface area contributed by atoms with Gasteiger partial charge in [0.1, 0.15) is 26.4 Å². The Bertz CT molecular complexity index is 816. The molecule has 0 aliphatic carbocycles. The number of non-ortho nitro benzene ring substituents is 2. The van der Waals surface area contributed by atoms with Crippen molar-refractivity contribution in [1.82, 2.24) is 0 Å². The molecule has 1 aliphatic rings. The van der Waals surface area contributed by atoms with Crippen LogP contribution in [0.2, 0.25) is 0 Å². The minimum Gasteiger partial charge on any atom is -0.487 e. The lowest BCUT2D eigenvalue weighted by Gasteiger charge is -2.13. The highest BCUT2D eigenvalue weighted by Gasteiger charge is 2.16. The van der Waals surface area contributed by atoms with Gasteiger partial charge < -0.3 is 23.7 Å². The van der Waals surface area contributed by atoms with Crippen LogP contribution in [0.5, 0.6) is 23.0 Å². The monoisotopic (exact) mass is 406 g/mol.